The highest BCUT2D eigenvalue weighted by Gasteiger charge is 2.27. The first-order chi connectivity index (χ1) is 17.4. The number of alkyl halides is 1. The maximum absolute atomic E-state index is 14.2. The minimum atomic E-state index is -1.64. The molecule has 3 aromatic rings. The molecule has 1 fully saturated rings. The van der Waals surface area contributed by atoms with Crippen LogP contribution in [0.2, 0.25) is 0 Å². The van der Waals surface area contributed by atoms with E-state index in [-0.39, 0.29) is 0 Å². The number of allylic oxidation sites excluding steroid dienone is 3. The Morgan fingerprint density at radius 2 is 1.86 bits per heavy atom. The van der Waals surface area contributed by atoms with Gasteiger partial charge in [-0.25, -0.2) is 4.39 Å². The van der Waals surface area contributed by atoms with Crippen LogP contribution in [0.3, 0.4) is 0 Å². The monoisotopic (exact) mass is 482 g/mol. The molecule has 1 atom stereocenters. The molecular weight excluding hydrogens is 447 g/mol. The van der Waals surface area contributed by atoms with E-state index in [4.69, 9.17) is 16.5 Å². The number of nitrogens with zero attached hydrogens (tertiary/aromatic N) is 1. The third-order valence-corrected chi connectivity index (χ3v) is 6.62. The van der Waals surface area contributed by atoms with Crippen molar-refractivity contribution >= 4 is 16.8 Å². The predicted octanol–water partition coefficient (Wildman–Crippen LogP) is 6.57. The quantitative estimate of drug-likeness (QED) is 0.100. The van der Waals surface area contributed by atoms with Gasteiger partial charge >= 0.3 is 0 Å². The Bertz CT molecular complexity index is 1240. The van der Waals surface area contributed by atoms with Crippen LogP contribution in [-0.4, -0.2) is 11.5 Å². The molecule has 0 saturated heterocycles. The Morgan fingerprint density at radius 3 is 2.47 bits per heavy atom. The average molecular weight is 483 g/mol. The Morgan fingerprint density at radius 1 is 1.11 bits per heavy atom. The Hall–Kier alpha value is -3.54. The van der Waals surface area contributed by atoms with Gasteiger partial charge in [-0.3, -0.25) is 10.7 Å². The van der Waals surface area contributed by atoms with Crippen molar-refractivity contribution in [3.8, 4) is 0 Å². The minimum absolute atomic E-state index is 0.308. The van der Waals surface area contributed by atoms with E-state index in [1.807, 2.05) is 37.4 Å². The fourth-order valence-electron chi connectivity index (χ4n) is 4.57. The summed E-state index contributed by atoms with van der Waals surface area (Å²) < 4.78 is 14.2. The summed E-state index contributed by atoms with van der Waals surface area (Å²) in [5, 5.41) is 3.38. The van der Waals surface area contributed by atoms with Gasteiger partial charge in [0.1, 0.15) is 0 Å². The molecule has 1 saturated carbocycles. The number of anilines is 1. The van der Waals surface area contributed by atoms with Crippen LogP contribution >= 0.6 is 0 Å². The predicted molar refractivity (Wildman–Crippen MR) is 148 cm³/mol. The van der Waals surface area contributed by atoms with Gasteiger partial charge in [0, 0.05) is 36.1 Å². The number of hydrogen-bond acceptors (Lipinski definition) is 4. The van der Waals surface area contributed by atoms with Crippen molar-refractivity contribution in [3.63, 3.8) is 0 Å². The standard InChI is InChI=1S/C31H35FN4/c1-21(2)8-7-17-35-20-26-15-13-25(19-36-26)30(24-14-16-28(33)27(18-24)31(32)34)29(23-11-6-12-23)22-9-4-3-5-10-22/h3-5,7-10,13-16,18-19,23,31,35H,1,6,11-12,17,20,33-34H2,2H3/b8-7+,30-29+. The molecule has 186 valence electrons. The summed E-state index contributed by atoms with van der Waals surface area (Å²) in [7, 11) is 0. The summed E-state index contributed by atoms with van der Waals surface area (Å²) in [6, 6.07) is 20.1. The first-order valence-electron chi connectivity index (χ1n) is 12.5. The number of nitrogens with one attached hydrogen (secondary N) is 1. The number of pyridine rings is 1. The molecule has 5 N–H and O–H groups in total. The van der Waals surface area contributed by atoms with Crippen LogP contribution in [0.1, 0.15) is 60.4 Å². The van der Waals surface area contributed by atoms with Crippen molar-refractivity contribution in [1.29, 1.82) is 0 Å². The molecule has 0 radical (unpaired) electrons. The van der Waals surface area contributed by atoms with Crippen molar-refractivity contribution < 1.29 is 4.39 Å². The van der Waals surface area contributed by atoms with Crippen molar-refractivity contribution in [3.05, 3.63) is 119 Å². The van der Waals surface area contributed by atoms with Gasteiger partial charge in [0.15, 0.2) is 6.30 Å². The van der Waals surface area contributed by atoms with E-state index in [2.05, 4.69) is 48.3 Å². The van der Waals surface area contributed by atoms with Gasteiger partial charge in [0.25, 0.3) is 0 Å². The van der Waals surface area contributed by atoms with Crippen molar-refractivity contribution in [2.24, 2.45) is 11.7 Å². The maximum atomic E-state index is 14.2. The van der Waals surface area contributed by atoms with Gasteiger partial charge in [-0.05, 0) is 66.2 Å². The van der Waals surface area contributed by atoms with Gasteiger partial charge < -0.3 is 11.1 Å². The lowest BCUT2D eigenvalue weighted by Crippen LogP contribution is -2.16. The molecule has 2 aromatic carbocycles. The summed E-state index contributed by atoms with van der Waals surface area (Å²) in [6.07, 6.45) is 7.80. The number of rotatable bonds is 10. The van der Waals surface area contributed by atoms with Gasteiger partial charge in [0.05, 0.1) is 5.69 Å². The zero-order valence-corrected chi connectivity index (χ0v) is 20.9. The second-order valence-corrected chi connectivity index (χ2v) is 9.45. The number of nitrogen functional groups attached to an aromatic ring is 1. The van der Waals surface area contributed by atoms with Crippen LogP contribution < -0.4 is 16.8 Å². The zero-order valence-electron chi connectivity index (χ0n) is 20.9. The summed E-state index contributed by atoms with van der Waals surface area (Å²) >= 11 is 0. The van der Waals surface area contributed by atoms with Gasteiger partial charge in [0.2, 0.25) is 0 Å². The summed E-state index contributed by atoms with van der Waals surface area (Å²) in [4.78, 5) is 4.75. The minimum Gasteiger partial charge on any atom is -0.398 e. The Labute approximate surface area is 213 Å². The number of halogens is 1. The molecule has 4 nitrogen and oxygen atoms in total. The lowest BCUT2D eigenvalue weighted by molar-refractivity contribution is 0.357. The Kier molecular flexibility index (Phi) is 8.47. The van der Waals surface area contributed by atoms with E-state index in [9.17, 15) is 4.39 Å². The largest absolute Gasteiger partial charge is 0.398 e. The van der Waals surface area contributed by atoms with Crippen LogP contribution in [0.25, 0.3) is 11.1 Å². The fraction of sp³-hybridized carbons (Fsp3) is 0.258. The van der Waals surface area contributed by atoms with E-state index in [0.29, 0.717) is 23.7 Å². The second kappa shape index (κ2) is 11.9. The smallest absolute Gasteiger partial charge is 0.176 e. The van der Waals surface area contributed by atoms with Gasteiger partial charge in [-0.15, -0.1) is 0 Å². The molecule has 36 heavy (non-hydrogen) atoms. The van der Waals surface area contributed by atoms with Crippen LogP contribution in [0.5, 0.6) is 0 Å². The summed E-state index contributed by atoms with van der Waals surface area (Å²) in [6.45, 7) is 7.26. The summed E-state index contributed by atoms with van der Waals surface area (Å²) in [5.41, 5.74) is 19.7. The van der Waals surface area contributed by atoms with Crippen LogP contribution in [0, 0.1) is 5.92 Å². The summed E-state index contributed by atoms with van der Waals surface area (Å²) in [5.74, 6) is 0.434. The zero-order chi connectivity index (χ0) is 25.5. The van der Waals surface area contributed by atoms with Crippen molar-refractivity contribution in [1.82, 2.24) is 10.3 Å². The molecular formula is C31H35FN4. The molecule has 0 bridgehead atoms. The third kappa shape index (κ3) is 6.17. The van der Waals surface area contributed by atoms with Crippen LogP contribution in [-0.2, 0) is 6.54 Å². The van der Waals surface area contributed by atoms with Crippen molar-refractivity contribution in [2.75, 3.05) is 12.3 Å². The number of benzene rings is 2. The van der Waals surface area contributed by atoms with Gasteiger partial charge in [-0.2, -0.15) is 0 Å². The highest BCUT2D eigenvalue weighted by molar-refractivity contribution is 5.99. The SMILES string of the molecule is C=C(C)/C=C/CNCc1ccc(/C(=C(\c2ccccc2)C2CCC2)c2ccc(N)c(C(N)F)c2)cn1. The molecule has 5 heteroatoms. The van der Waals surface area contributed by atoms with Crippen LogP contribution in [0.4, 0.5) is 10.1 Å². The second-order valence-electron chi connectivity index (χ2n) is 9.45. The average Bonchev–Trinajstić information content (AvgIpc) is 2.84. The van der Waals surface area contributed by atoms with E-state index in [0.717, 1.165) is 47.4 Å². The molecule has 1 aromatic heterocycles. The number of aromatic nitrogens is 1. The third-order valence-electron chi connectivity index (χ3n) is 6.62. The number of hydrogen-bond donors (Lipinski definition) is 3. The molecule has 0 aliphatic heterocycles. The van der Waals surface area contributed by atoms with E-state index < -0.39 is 6.30 Å². The molecule has 1 aliphatic carbocycles. The van der Waals surface area contributed by atoms with Gasteiger partial charge in [-0.1, -0.05) is 73.2 Å². The number of nitrogens with two attached hydrogens (primary N) is 2. The molecule has 0 spiro atoms. The van der Waals surface area contributed by atoms with E-state index >= 15 is 0 Å². The normalized spacial score (nSPS) is 15.4. The first-order valence-corrected chi connectivity index (χ1v) is 12.5. The fourth-order valence-corrected chi connectivity index (χ4v) is 4.57. The maximum Gasteiger partial charge on any atom is 0.176 e. The molecule has 1 heterocycles. The topological polar surface area (TPSA) is 77.0 Å². The van der Waals surface area contributed by atoms with E-state index in [1.165, 1.54) is 17.6 Å². The Balaban J connectivity index is 1.76. The first kappa shape index (κ1) is 25.5. The molecule has 0 amide bonds. The molecule has 4 rings (SSSR count). The van der Waals surface area contributed by atoms with Crippen LogP contribution in [0.15, 0.2) is 91.2 Å². The lowest BCUT2D eigenvalue weighted by Gasteiger charge is -2.31. The lowest BCUT2D eigenvalue weighted by atomic mass is 9.73. The molecule has 1 unspecified atom stereocenters. The highest BCUT2D eigenvalue weighted by atomic mass is 19.1. The molecule has 1 aliphatic rings. The van der Waals surface area contributed by atoms with Crippen molar-refractivity contribution in [2.45, 2.75) is 39.0 Å². The highest BCUT2D eigenvalue weighted by Crippen LogP contribution is 2.45. The van der Waals surface area contributed by atoms with E-state index in [1.54, 1.807) is 12.1 Å².